The van der Waals surface area contributed by atoms with Crippen molar-refractivity contribution in [2.45, 2.75) is 71.4 Å². The van der Waals surface area contributed by atoms with Crippen LogP contribution < -0.4 is 11.1 Å². The number of allylic oxidation sites excluding steroid dienone is 1. The average molecular weight is 450 g/mol. The summed E-state index contributed by atoms with van der Waals surface area (Å²) in [5, 5.41) is 2.96. The fourth-order valence-electron chi connectivity index (χ4n) is 3.41. The van der Waals surface area contributed by atoms with E-state index in [-0.39, 0.29) is 18.1 Å². The van der Waals surface area contributed by atoms with E-state index in [1.165, 1.54) is 5.57 Å². The molecule has 1 atom stereocenters. The number of halogens is 1. The standard InChI is InChI=1S/C20H28BrN5O2/c1-11(2)18-25-16(21)15-17(22)23-10-14(26(15)18)12-6-8-13(9-7-12)24-19(27)28-20(3,4)5/h6,10-11,13H,7-9H2,1-5H3,(H2,22,23)(H,24,27). The highest BCUT2D eigenvalue weighted by Crippen LogP contribution is 2.33. The first-order valence-electron chi connectivity index (χ1n) is 9.58. The van der Waals surface area contributed by atoms with Gasteiger partial charge in [0.2, 0.25) is 0 Å². The lowest BCUT2D eigenvalue weighted by Gasteiger charge is -2.26. The molecule has 1 aliphatic rings. The maximum Gasteiger partial charge on any atom is 0.407 e. The summed E-state index contributed by atoms with van der Waals surface area (Å²) in [4.78, 5) is 21.1. The van der Waals surface area contributed by atoms with Crippen molar-refractivity contribution in [1.29, 1.82) is 0 Å². The molecule has 2 heterocycles. The van der Waals surface area contributed by atoms with Gasteiger partial charge in [-0.1, -0.05) is 19.9 Å². The van der Waals surface area contributed by atoms with Crippen LogP contribution in [-0.4, -0.2) is 32.1 Å². The predicted molar refractivity (Wildman–Crippen MR) is 114 cm³/mol. The van der Waals surface area contributed by atoms with Crippen molar-refractivity contribution < 1.29 is 9.53 Å². The lowest BCUT2D eigenvalue weighted by molar-refractivity contribution is 0.0502. The molecule has 0 saturated heterocycles. The zero-order valence-electron chi connectivity index (χ0n) is 17.0. The molecule has 0 spiro atoms. The highest BCUT2D eigenvalue weighted by atomic mass is 79.9. The first-order valence-corrected chi connectivity index (χ1v) is 10.4. The molecule has 8 heteroatoms. The van der Waals surface area contributed by atoms with Gasteiger partial charge in [-0.25, -0.2) is 14.8 Å². The number of ether oxygens (including phenoxy) is 1. The van der Waals surface area contributed by atoms with Gasteiger partial charge in [-0.15, -0.1) is 0 Å². The number of hydrogen-bond donors (Lipinski definition) is 2. The lowest BCUT2D eigenvalue weighted by atomic mass is 9.93. The smallest absolute Gasteiger partial charge is 0.407 e. The SMILES string of the molecule is CC(C)c1nc(Br)c2c(N)ncc(C3=CCC(NC(=O)OC(C)(C)C)CC3)n12. The van der Waals surface area contributed by atoms with Gasteiger partial charge in [0.15, 0.2) is 5.82 Å². The zero-order valence-corrected chi connectivity index (χ0v) is 18.6. The summed E-state index contributed by atoms with van der Waals surface area (Å²) < 4.78 is 8.17. The van der Waals surface area contributed by atoms with Crippen molar-refractivity contribution in [2.75, 3.05) is 5.73 Å². The molecular weight excluding hydrogens is 422 g/mol. The molecule has 28 heavy (non-hydrogen) atoms. The summed E-state index contributed by atoms with van der Waals surface area (Å²) in [6.45, 7) is 9.80. The number of imidazole rings is 1. The molecule has 2 aromatic rings. The molecule has 1 amide bonds. The van der Waals surface area contributed by atoms with Crippen LogP contribution in [0.25, 0.3) is 11.1 Å². The highest BCUT2D eigenvalue weighted by molar-refractivity contribution is 9.10. The molecule has 7 nitrogen and oxygen atoms in total. The van der Waals surface area contributed by atoms with Gasteiger partial charge in [0.05, 0.1) is 11.9 Å². The number of fused-ring (bicyclic) bond motifs is 1. The maximum absolute atomic E-state index is 12.0. The number of nitrogen functional groups attached to an aromatic ring is 1. The van der Waals surface area contributed by atoms with Crippen LogP contribution in [0.4, 0.5) is 10.6 Å². The monoisotopic (exact) mass is 449 g/mol. The van der Waals surface area contributed by atoms with E-state index in [1.54, 1.807) is 0 Å². The topological polar surface area (TPSA) is 94.5 Å². The van der Waals surface area contributed by atoms with Crippen LogP contribution >= 0.6 is 15.9 Å². The number of anilines is 1. The Kier molecular flexibility index (Phi) is 5.70. The minimum Gasteiger partial charge on any atom is -0.444 e. The molecule has 1 aliphatic carbocycles. The number of alkyl carbamates (subject to hydrolysis) is 1. The molecular formula is C20H28BrN5O2. The van der Waals surface area contributed by atoms with E-state index in [2.05, 4.69) is 55.5 Å². The van der Waals surface area contributed by atoms with Gasteiger partial charge in [0.25, 0.3) is 0 Å². The summed E-state index contributed by atoms with van der Waals surface area (Å²) in [5.74, 6) is 1.64. The van der Waals surface area contributed by atoms with Crippen LogP contribution in [0.5, 0.6) is 0 Å². The van der Waals surface area contributed by atoms with E-state index in [9.17, 15) is 4.79 Å². The van der Waals surface area contributed by atoms with Gasteiger partial charge >= 0.3 is 6.09 Å². The van der Waals surface area contributed by atoms with E-state index in [0.29, 0.717) is 10.4 Å². The van der Waals surface area contributed by atoms with E-state index in [4.69, 9.17) is 10.5 Å². The van der Waals surface area contributed by atoms with E-state index >= 15 is 0 Å². The van der Waals surface area contributed by atoms with Crippen molar-refractivity contribution in [3.05, 3.63) is 28.4 Å². The summed E-state index contributed by atoms with van der Waals surface area (Å²) in [7, 11) is 0. The number of nitrogens with two attached hydrogens (primary N) is 1. The Labute approximate surface area is 173 Å². The molecule has 3 rings (SSSR count). The molecule has 2 aromatic heterocycles. The second kappa shape index (κ2) is 7.73. The largest absolute Gasteiger partial charge is 0.444 e. The Morgan fingerprint density at radius 1 is 1.43 bits per heavy atom. The molecule has 0 saturated carbocycles. The second-order valence-corrected chi connectivity index (χ2v) is 9.23. The number of carbonyl (C=O) groups is 1. The molecule has 0 aliphatic heterocycles. The molecule has 152 valence electrons. The minimum atomic E-state index is -0.497. The molecule has 3 N–H and O–H groups in total. The molecule has 0 radical (unpaired) electrons. The van der Waals surface area contributed by atoms with E-state index in [0.717, 1.165) is 36.3 Å². The second-order valence-electron chi connectivity index (χ2n) is 8.48. The first kappa shape index (κ1) is 20.6. The first-order chi connectivity index (χ1) is 13.1. The molecule has 0 bridgehead atoms. The van der Waals surface area contributed by atoms with Gasteiger partial charge in [-0.2, -0.15) is 0 Å². The van der Waals surface area contributed by atoms with Crippen LogP contribution in [0, 0.1) is 0 Å². The number of aromatic nitrogens is 3. The molecule has 0 fully saturated rings. The average Bonchev–Trinajstić information content (AvgIpc) is 2.93. The third-order valence-corrected chi connectivity index (χ3v) is 5.20. The third-order valence-electron chi connectivity index (χ3n) is 4.65. The van der Waals surface area contributed by atoms with Gasteiger partial charge < -0.3 is 15.8 Å². The van der Waals surface area contributed by atoms with Crippen LogP contribution in [-0.2, 0) is 4.74 Å². The van der Waals surface area contributed by atoms with E-state index in [1.807, 2.05) is 27.0 Å². The van der Waals surface area contributed by atoms with Crippen LogP contribution in [0.15, 0.2) is 16.9 Å². The van der Waals surface area contributed by atoms with Gasteiger partial charge in [-0.05, 0) is 61.5 Å². The number of hydrogen-bond acceptors (Lipinski definition) is 5. The van der Waals surface area contributed by atoms with Gasteiger partial charge in [0.1, 0.15) is 21.5 Å². The van der Waals surface area contributed by atoms with Crippen molar-refractivity contribution in [1.82, 2.24) is 19.7 Å². The van der Waals surface area contributed by atoms with Crippen LogP contribution in [0.1, 0.15) is 71.3 Å². The summed E-state index contributed by atoms with van der Waals surface area (Å²) >= 11 is 3.52. The van der Waals surface area contributed by atoms with Gasteiger partial charge in [-0.3, -0.25) is 4.40 Å². The Bertz CT molecular complexity index is 927. The van der Waals surface area contributed by atoms with E-state index < -0.39 is 5.60 Å². The zero-order chi connectivity index (χ0) is 20.6. The summed E-state index contributed by atoms with van der Waals surface area (Å²) in [5.41, 5.74) is 8.61. The number of rotatable bonds is 3. The lowest BCUT2D eigenvalue weighted by Crippen LogP contribution is -2.39. The number of nitrogens with zero attached hydrogens (tertiary/aromatic N) is 3. The van der Waals surface area contributed by atoms with Crippen LogP contribution in [0.2, 0.25) is 0 Å². The summed E-state index contributed by atoms with van der Waals surface area (Å²) in [6, 6.07) is 0.0647. The predicted octanol–water partition coefficient (Wildman–Crippen LogP) is 4.66. The maximum atomic E-state index is 12.0. The number of nitrogens with one attached hydrogen (secondary N) is 1. The quantitative estimate of drug-likeness (QED) is 0.710. The van der Waals surface area contributed by atoms with Gasteiger partial charge in [0, 0.05) is 12.0 Å². The third kappa shape index (κ3) is 4.32. The van der Waals surface area contributed by atoms with Crippen molar-refractivity contribution in [2.24, 2.45) is 0 Å². The number of carbonyl (C=O) groups excluding carboxylic acids is 1. The van der Waals surface area contributed by atoms with Crippen molar-refractivity contribution in [3.8, 4) is 0 Å². The fourth-order valence-corrected chi connectivity index (χ4v) is 3.97. The Morgan fingerprint density at radius 2 is 2.14 bits per heavy atom. The molecule has 0 aromatic carbocycles. The Morgan fingerprint density at radius 3 is 2.71 bits per heavy atom. The normalized spacial score (nSPS) is 17.7. The fraction of sp³-hybridized carbons (Fsp3) is 0.550. The number of amides is 1. The highest BCUT2D eigenvalue weighted by Gasteiger charge is 2.24. The molecule has 1 unspecified atom stereocenters. The Hall–Kier alpha value is -2.09. The summed E-state index contributed by atoms with van der Waals surface area (Å²) in [6.07, 6.45) is 6.02. The van der Waals surface area contributed by atoms with Crippen molar-refractivity contribution >= 4 is 38.9 Å². The minimum absolute atomic E-state index is 0.0647. The van der Waals surface area contributed by atoms with Crippen LogP contribution in [0.3, 0.4) is 0 Å². The van der Waals surface area contributed by atoms with Crippen molar-refractivity contribution in [3.63, 3.8) is 0 Å². The Balaban J connectivity index is 1.86.